The summed E-state index contributed by atoms with van der Waals surface area (Å²) in [5.74, 6) is -0.569. The maximum atomic E-state index is 14.4. The number of hydrogen-bond donors (Lipinski definition) is 3. The standard InChI is InChI=1S/C23H18FN5O2/c1-12-18-20(29(28-12)14-5-3-2-4-6-14)26-17-9-10-25-21(30)19(17)23(18)15-11-13(24)7-8-16(15)27-22(23)31/h2-8,11,26H,9-10H2,1H3,(H,25,30)(H,27,31). The zero-order chi connectivity index (χ0) is 21.3. The fraction of sp³-hybridized carbons (Fsp3) is 0.174. The maximum absolute atomic E-state index is 14.4. The van der Waals surface area contributed by atoms with E-state index in [0.29, 0.717) is 52.6 Å². The number of amides is 2. The summed E-state index contributed by atoms with van der Waals surface area (Å²) < 4.78 is 16.1. The Kier molecular flexibility index (Phi) is 3.48. The van der Waals surface area contributed by atoms with Gasteiger partial charge in [-0.25, -0.2) is 9.07 Å². The van der Waals surface area contributed by atoms with Gasteiger partial charge < -0.3 is 16.0 Å². The Hall–Kier alpha value is -3.94. The van der Waals surface area contributed by atoms with Crippen molar-refractivity contribution < 1.29 is 14.0 Å². The van der Waals surface area contributed by atoms with Crippen LogP contribution in [0.1, 0.15) is 23.2 Å². The van der Waals surface area contributed by atoms with Crippen molar-refractivity contribution in [2.75, 3.05) is 17.2 Å². The van der Waals surface area contributed by atoms with Crippen molar-refractivity contribution in [3.8, 4) is 5.69 Å². The van der Waals surface area contributed by atoms with Crippen LogP contribution in [0.3, 0.4) is 0 Å². The highest BCUT2D eigenvalue weighted by Gasteiger charge is 2.59. The Morgan fingerprint density at radius 1 is 1.10 bits per heavy atom. The minimum Gasteiger partial charge on any atom is -0.352 e. The van der Waals surface area contributed by atoms with Crippen LogP contribution in [0, 0.1) is 12.7 Å². The van der Waals surface area contributed by atoms with Gasteiger partial charge in [0.2, 0.25) is 5.91 Å². The molecule has 31 heavy (non-hydrogen) atoms. The van der Waals surface area contributed by atoms with E-state index in [0.717, 1.165) is 5.69 Å². The molecule has 0 saturated heterocycles. The number of halogens is 1. The highest BCUT2D eigenvalue weighted by Crippen LogP contribution is 2.55. The highest BCUT2D eigenvalue weighted by molar-refractivity contribution is 6.19. The van der Waals surface area contributed by atoms with E-state index in [4.69, 9.17) is 5.10 Å². The minimum atomic E-state index is -1.48. The Morgan fingerprint density at radius 2 is 1.90 bits per heavy atom. The Morgan fingerprint density at radius 3 is 2.71 bits per heavy atom. The van der Waals surface area contributed by atoms with Crippen LogP contribution in [-0.2, 0) is 15.0 Å². The Balaban J connectivity index is 1.74. The molecule has 7 nitrogen and oxygen atoms in total. The monoisotopic (exact) mass is 415 g/mol. The molecule has 1 aromatic heterocycles. The van der Waals surface area contributed by atoms with Crippen LogP contribution in [0.2, 0.25) is 0 Å². The van der Waals surface area contributed by atoms with Crippen LogP contribution in [0.4, 0.5) is 15.9 Å². The Bertz CT molecular complexity index is 1330. The number of anilines is 2. The molecule has 0 radical (unpaired) electrons. The molecule has 1 atom stereocenters. The van der Waals surface area contributed by atoms with Crippen molar-refractivity contribution in [2.24, 2.45) is 0 Å². The van der Waals surface area contributed by atoms with Crippen LogP contribution < -0.4 is 16.0 Å². The van der Waals surface area contributed by atoms with Crippen molar-refractivity contribution in [3.63, 3.8) is 0 Å². The van der Waals surface area contributed by atoms with Gasteiger partial charge in [-0.3, -0.25) is 9.59 Å². The van der Waals surface area contributed by atoms with Crippen molar-refractivity contribution in [2.45, 2.75) is 18.8 Å². The average Bonchev–Trinajstić information content (AvgIpc) is 3.24. The number of aromatic nitrogens is 2. The first-order valence-electron chi connectivity index (χ1n) is 10.1. The summed E-state index contributed by atoms with van der Waals surface area (Å²) in [7, 11) is 0. The molecule has 0 aliphatic carbocycles. The molecule has 0 bridgehead atoms. The molecule has 154 valence electrons. The number of hydrogen-bond acceptors (Lipinski definition) is 4. The summed E-state index contributed by atoms with van der Waals surface area (Å²) in [5, 5.41) is 13.8. The second-order valence-corrected chi connectivity index (χ2v) is 7.93. The number of para-hydroxylation sites is 1. The van der Waals surface area contributed by atoms with Crippen molar-refractivity contribution >= 4 is 23.3 Å². The molecule has 3 N–H and O–H groups in total. The van der Waals surface area contributed by atoms with Gasteiger partial charge in [-0.05, 0) is 37.3 Å². The smallest absolute Gasteiger partial charge is 0.250 e. The predicted molar refractivity (Wildman–Crippen MR) is 112 cm³/mol. The summed E-state index contributed by atoms with van der Waals surface area (Å²) in [6.07, 6.45) is 0.527. The van der Waals surface area contributed by atoms with Gasteiger partial charge >= 0.3 is 0 Å². The van der Waals surface area contributed by atoms with E-state index in [1.54, 1.807) is 11.6 Å². The van der Waals surface area contributed by atoms with Crippen LogP contribution in [-0.4, -0.2) is 28.1 Å². The second kappa shape index (κ2) is 6.04. The van der Waals surface area contributed by atoms with E-state index in [1.807, 2.05) is 30.3 Å². The maximum Gasteiger partial charge on any atom is 0.250 e. The molecule has 3 aliphatic heterocycles. The van der Waals surface area contributed by atoms with Crippen LogP contribution in [0.5, 0.6) is 0 Å². The zero-order valence-corrected chi connectivity index (χ0v) is 16.6. The van der Waals surface area contributed by atoms with Crippen molar-refractivity contribution in [1.29, 1.82) is 0 Å². The van der Waals surface area contributed by atoms with E-state index in [2.05, 4.69) is 16.0 Å². The third-order valence-corrected chi connectivity index (χ3v) is 6.24. The van der Waals surface area contributed by atoms with E-state index >= 15 is 0 Å². The van der Waals surface area contributed by atoms with Gasteiger partial charge in [0.15, 0.2) is 0 Å². The number of nitrogens with zero attached hydrogens (tertiary/aromatic N) is 2. The van der Waals surface area contributed by atoms with Crippen LogP contribution in [0.15, 0.2) is 59.8 Å². The van der Waals surface area contributed by atoms with Gasteiger partial charge in [0.25, 0.3) is 5.91 Å². The molecule has 2 amide bonds. The van der Waals surface area contributed by atoms with E-state index in [-0.39, 0.29) is 11.8 Å². The number of carbonyl (C=O) groups excluding carboxylic acids is 2. The minimum absolute atomic E-state index is 0.309. The number of nitrogens with one attached hydrogen (secondary N) is 3. The van der Waals surface area contributed by atoms with Crippen molar-refractivity contribution in [3.05, 3.63) is 82.4 Å². The molecule has 4 heterocycles. The lowest BCUT2D eigenvalue weighted by molar-refractivity contribution is -0.123. The quantitative estimate of drug-likeness (QED) is 0.570. The van der Waals surface area contributed by atoms with Gasteiger partial charge in [0.05, 0.1) is 17.0 Å². The molecule has 6 rings (SSSR count). The number of aryl methyl sites for hydroxylation is 1. The lowest BCUT2D eigenvalue weighted by Crippen LogP contribution is -2.50. The van der Waals surface area contributed by atoms with Crippen LogP contribution >= 0.6 is 0 Å². The first-order valence-corrected chi connectivity index (χ1v) is 10.1. The number of rotatable bonds is 1. The Labute approximate surface area is 177 Å². The molecule has 1 unspecified atom stereocenters. The summed E-state index contributed by atoms with van der Waals surface area (Å²) >= 11 is 0. The van der Waals surface area contributed by atoms with Crippen molar-refractivity contribution in [1.82, 2.24) is 15.1 Å². The summed E-state index contributed by atoms with van der Waals surface area (Å²) in [5.41, 5.74) is 2.38. The van der Waals surface area contributed by atoms with Gasteiger partial charge in [-0.2, -0.15) is 5.10 Å². The molecule has 8 heteroatoms. The summed E-state index contributed by atoms with van der Waals surface area (Å²) in [6, 6.07) is 13.7. The molecule has 1 spiro atoms. The predicted octanol–water partition coefficient (Wildman–Crippen LogP) is 2.76. The molecule has 0 fully saturated rings. The largest absolute Gasteiger partial charge is 0.352 e. The molecule has 0 saturated carbocycles. The first kappa shape index (κ1) is 17.9. The topological polar surface area (TPSA) is 88.1 Å². The van der Waals surface area contributed by atoms with E-state index in [1.165, 1.54) is 18.2 Å². The summed E-state index contributed by atoms with van der Waals surface area (Å²) in [6.45, 7) is 2.25. The number of carbonyl (C=O) groups is 2. The fourth-order valence-corrected chi connectivity index (χ4v) is 5.06. The average molecular weight is 415 g/mol. The lowest BCUT2D eigenvalue weighted by atomic mass is 9.66. The highest BCUT2D eigenvalue weighted by atomic mass is 19.1. The third kappa shape index (κ3) is 2.19. The first-order chi connectivity index (χ1) is 15.0. The van der Waals surface area contributed by atoms with Gasteiger partial charge in [-0.1, -0.05) is 18.2 Å². The molecule has 3 aliphatic rings. The van der Waals surface area contributed by atoms with Gasteiger partial charge in [0, 0.05) is 35.5 Å². The molecule has 2 aromatic carbocycles. The van der Waals surface area contributed by atoms with Gasteiger partial charge in [0.1, 0.15) is 17.1 Å². The molecular formula is C23H18FN5O2. The second-order valence-electron chi connectivity index (χ2n) is 7.93. The van der Waals surface area contributed by atoms with Gasteiger partial charge in [-0.15, -0.1) is 0 Å². The third-order valence-electron chi connectivity index (χ3n) is 6.24. The number of benzene rings is 2. The van der Waals surface area contributed by atoms with Crippen LogP contribution in [0.25, 0.3) is 5.69 Å². The molecule has 3 aromatic rings. The fourth-order valence-electron chi connectivity index (χ4n) is 5.06. The number of fused-ring (bicyclic) bond motifs is 5. The summed E-state index contributed by atoms with van der Waals surface area (Å²) in [4.78, 5) is 26.8. The zero-order valence-electron chi connectivity index (χ0n) is 16.6. The van der Waals surface area contributed by atoms with E-state index < -0.39 is 11.2 Å². The normalized spacial score (nSPS) is 21.2. The lowest BCUT2D eigenvalue weighted by Gasteiger charge is -2.38. The SMILES string of the molecule is Cc1nn(-c2ccccc2)c2c1C1(C(=O)Nc3ccc(F)cc31)C1=C(CCNC1=O)N2. The molecular weight excluding hydrogens is 397 g/mol. The van der Waals surface area contributed by atoms with E-state index in [9.17, 15) is 14.0 Å².